The Morgan fingerprint density at radius 3 is 2.40 bits per heavy atom. The van der Waals surface area contributed by atoms with E-state index in [0.29, 0.717) is 31.2 Å². The second-order valence-corrected chi connectivity index (χ2v) is 12.7. The topological polar surface area (TPSA) is 122 Å². The Bertz CT molecular complexity index is 1280. The Hall–Kier alpha value is -3.46. The Kier molecular flexibility index (Phi) is 6.60. The van der Waals surface area contributed by atoms with Gasteiger partial charge in [0.1, 0.15) is 6.54 Å². The summed E-state index contributed by atoms with van der Waals surface area (Å²) in [4.78, 5) is 56.1. The molecule has 2 atom stereocenters. The molecule has 1 heterocycles. The van der Waals surface area contributed by atoms with Crippen molar-refractivity contribution in [2.75, 3.05) is 13.1 Å². The van der Waals surface area contributed by atoms with E-state index in [1.165, 1.54) is 4.90 Å². The zero-order chi connectivity index (χ0) is 28.2. The molecule has 0 aromatic heterocycles. The lowest BCUT2D eigenvalue weighted by atomic mass is 9.85. The predicted molar refractivity (Wildman–Crippen MR) is 147 cm³/mol. The molecule has 4 fully saturated rings. The van der Waals surface area contributed by atoms with Crippen molar-refractivity contribution in [2.24, 2.45) is 23.5 Å². The van der Waals surface area contributed by atoms with E-state index in [4.69, 9.17) is 10.5 Å². The van der Waals surface area contributed by atoms with Crippen LogP contribution in [-0.4, -0.2) is 63.8 Å². The number of ketones is 1. The Morgan fingerprint density at radius 1 is 1.10 bits per heavy atom. The molecule has 3 amide bonds. The number of carbonyl (C=O) groups is 4. The van der Waals surface area contributed by atoms with Crippen LogP contribution in [0.2, 0.25) is 0 Å². The molecule has 2 unspecified atom stereocenters. The average molecular weight is 547 g/mol. The van der Waals surface area contributed by atoms with Crippen LogP contribution in [0.4, 0.5) is 4.79 Å². The minimum Gasteiger partial charge on any atom is -0.436 e. The first-order valence-corrected chi connectivity index (χ1v) is 14.4. The Morgan fingerprint density at radius 2 is 1.77 bits per heavy atom. The summed E-state index contributed by atoms with van der Waals surface area (Å²) in [5, 5.41) is 2.65. The fraction of sp³-hybridized carbons (Fsp3) is 0.548. The lowest BCUT2D eigenvalue weighted by Gasteiger charge is -2.34. The van der Waals surface area contributed by atoms with Crippen molar-refractivity contribution in [3.05, 3.63) is 59.3 Å². The first-order valence-electron chi connectivity index (χ1n) is 14.4. The van der Waals surface area contributed by atoms with Gasteiger partial charge in [-0.15, -0.1) is 0 Å². The summed E-state index contributed by atoms with van der Waals surface area (Å²) < 4.78 is 5.95. The molecular weight excluding hydrogens is 508 g/mol. The molecule has 0 radical (unpaired) electrons. The van der Waals surface area contributed by atoms with Gasteiger partial charge in [0.25, 0.3) is 0 Å². The molecule has 5 aliphatic rings. The van der Waals surface area contributed by atoms with Crippen LogP contribution < -0.4 is 11.1 Å². The van der Waals surface area contributed by atoms with Gasteiger partial charge in [0, 0.05) is 18.5 Å². The highest BCUT2D eigenvalue weighted by atomic mass is 16.6. The molecule has 1 aliphatic heterocycles. The van der Waals surface area contributed by atoms with Gasteiger partial charge in [-0.1, -0.05) is 36.4 Å². The highest BCUT2D eigenvalue weighted by molar-refractivity contribution is 6.05. The number of carbonyl (C=O) groups excluding carboxylic acids is 4. The van der Waals surface area contributed by atoms with Gasteiger partial charge in [0.05, 0.1) is 17.8 Å². The third-order valence-corrected chi connectivity index (χ3v) is 8.98. The fourth-order valence-corrected chi connectivity index (χ4v) is 6.57. The van der Waals surface area contributed by atoms with E-state index in [0.717, 1.165) is 36.8 Å². The van der Waals surface area contributed by atoms with Crippen LogP contribution in [0, 0.1) is 17.8 Å². The van der Waals surface area contributed by atoms with Crippen LogP contribution in [0.25, 0.3) is 0 Å². The van der Waals surface area contributed by atoms with Crippen LogP contribution in [0.15, 0.2) is 53.8 Å². The van der Waals surface area contributed by atoms with Gasteiger partial charge in [-0.2, -0.15) is 0 Å². The van der Waals surface area contributed by atoms with Crippen molar-refractivity contribution in [3.63, 3.8) is 0 Å². The molecule has 0 bridgehead atoms. The molecule has 3 saturated carbocycles. The van der Waals surface area contributed by atoms with Crippen molar-refractivity contribution in [1.29, 1.82) is 0 Å². The van der Waals surface area contributed by atoms with E-state index >= 15 is 0 Å². The molecule has 1 aromatic carbocycles. The maximum atomic E-state index is 13.9. The number of Topliss-reactive ketones (excluding diaryl/α,β-unsaturated/α-hetero) is 1. The molecule has 4 aliphatic carbocycles. The number of fused-ring (bicyclic) bond motifs is 2. The van der Waals surface area contributed by atoms with Crippen LogP contribution in [0.5, 0.6) is 0 Å². The maximum Gasteiger partial charge on any atom is 0.411 e. The van der Waals surface area contributed by atoms with Gasteiger partial charge in [0.15, 0.2) is 11.4 Å². The molecule has 1 spiro atoms. The minimum absolute atomic E-state index is 0.0437. The van der Waals surface area contributed by atoms with E-state index in [1.54, 1.807) is 26.0 Å². The van der Waals surface area contributed by atoms with Gasteiger partial charge in [-0.05, 0) is 81.4 Å². The summed E-state index contributed by atoms with van der Waals surface area (Å²) in [6.07, 6.45) is 8.43. The summed E-state index contributed by atoms with van der Waals surface area (Å²) >= 11 is 0. The van der Waals surface area contributed by atoms with Gasteiger partial charge < -0.3 is 20.7 Å². The van der Waals surface area contributed by atoms with Crippen molar-refractivity contribution < 1.29 is 23.9 Å². The fourth-order valence-electron chi connectivity index (χ4n) is 6.57. The quantitative estimate of drug-likeness (QED) is 0.491. The highest BCUT2D eigenvalue weighted by Gasteiger charge is 2.56. The smallest absolute Gasteiger partial charge is 0.411 e. The number of nitrogens with one attached hydrogen (secondary N) is 1. The Labute approximate surface area is 234 Å². The molecule has 9 heteroatoms. The molecule has 40 heavy (non-hydrogen) atoms. The van der Waals surface area contributed by atoms with Gasteiger partial charge >= 0.3 is 6.09 Å². The number of rotatable bonds is 9. The van der Waals surface area contributed by atoms with Crippen molar-refractivity contribution in [3.8, 4) is 0 Å². The van der Waals surface area contributed by atoms with Crippen LogP contribution >= 0.6 is 0 Å². The third kappa shape index (κ3) is 5.07. The van der Waals surface area contributed by atoms with Gasteiger partial charge in [0.2, 0.25) is 11.8 Å². The number of ether oxygens (including phenoxy) is 1. The summed E-state index contributed by atoms with van der Waals surface area (Å²) in [5.41, 5.74) is 5.84. The summed E-state index contributed by atoms with van der Waals surface area (Å²) in [6.45, 7) is 3.88. The van der Waals surface area contributed by atoms with E-state index in [-0.39, 0.29) is 36.5 Å². The number of nitrogens with two attached hydrogens (primary N) is 1. The number of allylic oxidation sites excluding steroid dienone is 3. The number of hydrogen-bond donors (Lipinski definition) is 2. The summed E-state index contributed by atoms with van der Waals surface area (Å²) in [7, 11) is 0. The molecule has 3 N–H and O–H groups in total. The van der Waals surface area contributed by atoms with Crippen molar-refractivity contribution >= 4 is 23.7 Å². The first-order chi connectivity index (χ1) is 19.1. The van der Waals surface area contributed by atoms with E-state index in [9.17, 15) is 19.2 Å². The van der Waals surface area contributed by atoms with Gasteiger partial charge in [-0.3, -0.25) is 19.3 Å². The summed E-state index contributed by atoms with van der Waals surface area (Å²) in [5.74, 6) is -0.102. The first kappa shape index (κ1) is 26.7. The molecule has 6 rings (SSSR count). The van der Waals surface area contributed by atoms with E-state index in [1.807, 2.05) is 35.2 Å². The highest BCUT2D eigenvalue weighted by Crippen LogP contribution is 2.49. The summed E-state index contributed by atoms with van der Waals surface area (Å²) in [6, 6.07) is 10.2. The van der Waals surface area contributed by atoms with E-state index < -0.39 is 29.1 Å². The van der Waals surface area contributed by atoms with Crippen molar-refractivity contribution in [1.82, 2.24) is 15.1 Å². The number of hydrogen-bond acceptors (Lipinski definition) is 6. The third-order valence-electron chi connectivity index (χ3n) is 8.98. The normalized spacial score (nSPS) is 26.0. The molecule has 9 nitrogen and oxygen atoms in total. The average Bonchev–Trinajstić information content (AvgIpc) is 3.85. The van der Waals surface area contributed by atoms with E-state index in [2.05, 4.69) is 5.32 Å². The molecule has 1 aromatic rings. The lowest BCUT2D eigenvalue weighted by molar-refractivity contribution is -0.136. The molecule has 1 saturated heterocycles. The SMILES string of the molecule is CC(C)(N)C(=O)NC1=CC=C2C(CCC23CN(CC(=O)N(Cc2ccccc2)C(C2CC2)C2CC2)C(=O)O3)C1=O. The zero-order valence-corrected chi connectivity index (χ0v) is 23.2. The van der Waals surface area contributed by atoms with Crippen LogP contribution in [0.1, 0.15) is 57.9 Å². The molecule has 212 valence electrons. The van der Waals surface area contributed by atoms with Crippen LogP contribution in [-0.2, 0) is 25.7 Å². The van der Waals surface area contributed by atoms with Crippen LogP contribution in [0.3, 0.4) is 0 Å². The molecular formula is C31H38N4O5. The second-order valence-electron chi connectivity index (χ2n) is 12.7. The van der Waals surface area contributed by atoms with Crippen molar-refractivity contribution in [2.45, 2.75) is 76.1 Å². The lowest BCUT2D eigenvalue weighted by Crippen LogP contribution is -2.50. The number of nitrogens with zero attached hydrogens (tertiary/aromatic N) is 2. The number of benzene rings is 1. The zero-order valence-electron chi connectivity index (χ0n) is 23.2. The number of amides is 3. The second kappa shape index (κ2) is 9.87. The van der Waals surface area contributed by atoms with Gasteiger partial charge in [-0.25, -0.2) is 4.79 Å². The Balaban J connectivity index is 1.19. The largest absolute Gasteiger partial charge is 0.436 e. The predicted octanol–water partition coefficient (Wildman–Crippen LogP) is 3.05. The minimum atomic E-state index is -1.12. The monoisotopic (exact) mass is 546 g/mol. The standard InChI is InChI=1S/C31H38N4O5/c1-30(2,32)28(38)33-24-13-12-23-22(27(24)37)14-15-31(23)18-34(29(39)40-31)17-25(36)35(16-19-6-4-3-5-7-19)26(20-8-9-20)21-10-11-21/h3-7,12-13,20-22,26H,8-11,14-18,32H2,1-2H3,(H,33,38). The maximum absolute atomic E-state index is 13.9.